The van der Waals surface area contributed by atoms with Crippen molar-refractivity contribution in [1.29, 1.82) is 5.26 Å². The molecule has 12 heavy (non-hydrogen) atoms. The molecule has 0 unspecified atom stereocenters. The fourth-order valence-corrected chi connectivity index (χ4v) is 0.876. The van der Waals surface area contributed by atoms with Crippen LogP contribution < -0.4 is 0 Å². The van der Waals surface area contributed by atoms with Crippen LogP contribution in [0, 0.1) is 17.9 Å². The third-order valence-corrected chi connectivity index (χ3v) is 1.48. The van der Waals surface area contributed by atoms with Crippen molar-refractivity contribution in [3.05, 3.63) is 11.4 Å². The summed E-state index contributed by atoms with van der Waals surface area (Å²) >= 11 is 0. The summed E-state index contributed by atoms with van der Waals surface area (Å²) in [5, 5.41) is 16.9. The van der Waals surface area contributed by atoms with Crippen molar-refractivity contribution < 1.29 is 5.11 Å². The molecule has 4 heteroatoms. The maximum absolute atomic E-state index is 8.63. The van der Waals surface area contributed by atoms with E-state index in [0.29, 0.717) is 32.6 Å². The molecule has 0 aliphatic carbocycles. The Hall–Kier alpha value is -1.10. The minimum absolute atomic E-state index is 0.0867. The van der Waals surface area contributed by atoms with E-state index in [2.05, 4.69) is 4.85 Å². The second kappa shape index (κ2) is 8.00. The van der Waals surface area contributed by atoms with E-state index in [-0.39, 0.29) is 6.61 Å². The summed E-state index contributed by atoms with van der Waals surface area (Å²) in [6.07, 6.45) is 0.456. The maximum Gasteiger partial charge on any atom is 0.227 e. The molecule has 0 aromatic rings. The summed E-state index contributed by atoms with van der Waals surface area (Å²) in [6.45, 7) is 8.94. The van der Waals surface area contributed by atoms with Crippen LogP contribution in [-0.2, 0) is 0 Å². The van der Waals surface area contributed by atoms with Crippen molar-refractivity contribution in [3.8, 4) is 6.07 Å². The first-order valence-electron chi connectivity index (χ1n) is 3.88. The molecule has 1 N–H and O–H groups in total. The van der Waals surface area contributed by atoms with Crippen molar-refractivity contribution in [2.24, 2.45) is 0 Å². The lowest BCUT2D eigenvalue weighted by Gasteiger charge is -2.16. The van der Waals surface area contributed by atoms with Gasteiger partial charge in [-0.3, -0.25) is 4.90 Å². The molecule has 0 aliphatic heterocycles. The summed E-state index contributed by atoms with van der Waals surface area (Å²) in [7, 11) is 0. The quantitative estimate of drug-likeness (QED) is 0.571. The lowest BCUT2D eigenvalue weighted by Crippen LogP contribution is -2.30. The van der Waals surface area contributed by atoms with Crippen LogP contribution in [0.5, 0.6) is 0 Å². The van der Waals surface area contributed by atoms with Crippen molar-refractivity contribution in [2.45, 2.75) is 6.42 Å². The Kier molecular flexibility index (Phi) is 7.27. The van der Waals surface area contributed by atoms with Gasteiger partial charge in [-0.2, -0.15) is 5.26 Å². The van der Waals surface area contributed by atoms with Crippen molar-refractivity contribution in [3.63, 3.8) is 0 Å². The van der Waals surface area contributed by atoms with Gasteiger partial charge in [0.2, 0.25) is 6.54 Å². The zero-order valence-corrected chi connectivity index (χ0v) is 7.03. The van der Waals surface area contributed by atoms with Crippen LogP contribution in [0.15, 0.2) is 0 Å². The Morgan fingerprint density at radius 2 is 2.17 bits per heavy atom. The first-order valence-corrected chi connectivity index (χ1v) is 3.88. The second-order valence-electron chi connectivity index (χ2n) is 2.36. The van der Waals surface area contributed by atoms with Gasteiger partial charge in [0.15, 0.2) is 0 Å². The molecule has 0 aromatic carbocycles. The van der Waals surface area contributed by atoms with Gasteiger partial charge in [0, 0.05) is 19.5 Å². The molecule has 0 saturated carbocycles. The molecule has 0 bridgehead atoms. The molecule has 0 amide bonds. The van der Waals surface area contributed by atoms with E-state index in [1.165, 1.54) is 0 Å². The molecule has 0 radical (unpaired) electrons. The largest absolute Gasteiger partial charge is 0.395 e. The minimum Gasteiger partial charge on any atom is -0.395 e. The van der Waals surface area contributed by atoms with E-state index in [4.69, 9.17) is 16.9 Å². The van der Waals surface area contributed by atoms with Crippen molar-refractivity contribution in [2.75, 3.05) is 32.8 Å². The predicted molar refractivity (Wildman–Crippen MR) is 45.2 cm³/mol. The van der Waals surface area contributed by atoms with Crippen molar-refractivity contribution >= 4 is 0 Å². The van der Waals surface area contributed by atoms with Crippen molar-refractivity contribution in [1.82, 2.24) is 4.90 Å². The second-order valence-corrected chi connectivity index (χ2v) is 2.36. The highest BCUT2D eigenvalue weighted by Crippen LogP contribution is 1.90. The summed E-state index contributed by atoms with van der Waals surface area (Å²) in [5.41, 5.74) is 0. The summed E-state index contributed by atoms with van der Waals surface area (Å²) in [4.78, 5) is 5.13. The van der Waals surface area contributed by atoms with Gasteiger partial charge in [-0.05, 0) is 0 Å². The lowest BCUT2D eigenvalue weighted by atomic mass is 10.4. The molecular formula is C8H13N3O. The normalized spacial score (nSPS) is 9.33. The average molecular weight is 167 g/mol. The molecule has 0 rings (SSSR count). The van der Waals surface area contributed by atoms with Crippen LogP contribution in [0.2, 0.25) is 0 Å². The molecule has 0 atom stereocenters. The SMILES string of the molecule is [C-]#[N+]CCN(CCO)CCC#N. The first-order chi connectivity index (χ1) is 5.85. The Labute approximate surface area is 72.8 Å². The van der Waals surface area contributed by atoms with Gasteiger partial charge in [-0.15, -0.1) is 0 Å². The molecule has 0 aliphatic rings. The van der Waals surface area contributed by atoms with E-state index in [1.54, 1.807) is 0 Å². The standard InChI is InChI=1S/C8H13N3O/c1-10-4-6-11(7-8-12)5-2-3-9/h12H,2,4-8H2. The third-order valence-electron chi connectivity index (χ3n) is 1.48. The molecule has 0 aromatic heterocycles. The fourth-order valence-electron chi connectivity index (χ4n) is 0.876. The van der Waals surface area contributed by atoms with E-state index < -0.39 is 0 Å². The smallest absolute Gasteiger partial charge is 0.227 e. The highest BCUT2D eigenvalue weighted by Gasteiger charge is 2.03. The summed E-state index contributed by atoms with van der Waals surface area (Å²) in [6, 6.07) is 2.03. The number of rotatable bonds is 6. The molecule has 4 nitrogen and oxygen atoms in total. The number of hydrogen-bond acceptors (Lipinski definition) is 3. The minimum atomic E-state index is 0.0867. The lowest BCUT2D eigenvalue weighted by molar-refractivity contribution is 0.204. The van der Waals surface area contributed by atoms with Gasteiger partial charge >= 0.3 is 0 Å². The van der Waals surface area contributed by atoms with Crippen LogP contribution in [0.3, 0.4) is 0 Å². The topological polar surface area (TPSA) is 51.6 Å². The number of hydrogen-bond donors (Lipinski definition) is 1. The Morgan fingerprint density at radius 1 is 1.42 bits per heavy atom. The number of nitriles is 1. The molecule has 0 heterocycles. The van der Waals surface area contributed by atoms with E-state index >= 15 is 0 Å². The van der Waals surface area contributed by atoms with E-state index in [9.17, 15) is 0 Å². The Morgan fingerprint density at radius 3 is 2.67 bits per heavy atom. The molecule has 66 valence electrons. The molecule has 0 spiro atoms. The number of nitrogens with zero attached hydrogens (tertiary/aromatic N) is 3. The molecule has 0 fully saturated rings. The first kappa shape index (κ1) is 10.9. The summed E-state index contributed by atoms with van der Waals surface area (Å²) < 4.78 is 0. The highest BCUT2D eigenvalue weighted by atomic mass is 16.3. The third kappa shape index (κ3) is 5.67. The van der Waals surface area contributed by atoms with Gasteiger partial charge in [0.05, 0.1) is 19.2 Å². The molecular weight excluding hydrogens is 154 g/mol. The van der Waals surface area contributed by atoms with Gasteiger partial charge in [-0.1, -0.05) is 0 Å². The van der Waals surface area contributed by atoms with Gasteiger partial charge < -0.3 is 9.95 Å². The fraction of sp³-hybridized carbons (Fsp3) is 0.750. The van der Waals surface area contributed by atoms with Crippen LogP contribution in [0.1, 0.15) is 6.42 Å². The summed E-state index contributed by atoms with van der Waals surface area (Å²) in [5.74, 6) is 0. The maximum atomic E-state index is 8.63. The zero-order chi connectivity index (χ0) is 9.23. The van der Waals surface area contributed by atoms with Gasteiger partial charge in [-0.25, -0.2) is 6.57 Å². The van der Waals surface area contributed by atoms with Crippen LogP contribution in [0.25, 0.3) is 4.85 Å². The average Bonchev–Trinajstić information content (AvgIpc) is 2.10. The van der Waals surface area contributed by atoms with Crippen LogP contribution in [0.4, 0.5) is 0 Å². The number of aliphatic hydroxyl groups excluding tert-OH is 1. The monoisotopic (exact) mass is 167 g/mol. The molecule has 0 saturated heterocycles. The predicted octanol–water partition coefficient (Wildman–Crippen LogP) is 0.114. The Balaban J connectivity index is 3.57. The van der Waals surface area contributed by atoms with Gasteiger partial charge in [0.1, 0.15) is 0 Å². The highest BCUT2D eigenvalue weighted by molar-refractivity contribution is 4.74. The van der Waals surface area contributed by atoms with Gasteiger partial charge in [0.25, 0.3) is 0 Å². The number of aliphatic hydroxyl groups is 1. The zero-order valence-electron chi connectivity index (χ0n) is 7.03. The van der Waals surface area contributed by atoms with E-state index in [1.807, 2.05) is 11.0 Å². The van der Waals surface area contributed by atoms with Crippen LogP contribution >= 0.6 is 0 Å². The Bertz CT molecular complexity index is 162. The van der Waals surface area contributed by atoms with Crippen LogP contribution in [-0.4, -0.2) is 42.8 Å². The van der Waals surface area contributed by atoms with E-state index in [0.717, 1.165) is 0 Å².